The summed E-state index contributed by atoms with van der Waals surface area (Å²) in [5.74, 6) is 0.982. The topological polar surface area (TPSA) is 42.7 Å². The molecule has 0 aliphatic rings. The van der Waals surface area contributed by atoms with Crippen molar-refractivity contribution in [3.05, 3.63) is 48.0 Å². The Labute approximate surface area is 102 Å². The first-order chi connectivity index (χ1) is 8.31. The third-order valence-corrected chi connectivity index (χ3v) is 2.86. The number of nitrogens with one attached hydrogen (secondary N) is 1. The summed E-state index contributed by atoms with van der Waals surface area (Å²) < 4.78 is 1.91. The third-order valence-electron chi connectivity index (χ3n) is 2.86. The molecule has 2 rings (SSSR count). The van der Waals surface area contributed by atoms with Crippen LogP contribution in [0.2, 0.25) is 0 Å². The van der Waals surface area contributed by atoms with Gasteiger partial charge in [-0.1, -0.05) is 30.3 Å². The molecule has 0 aliphatic heterocycles. The van der Waals surface area contributed by atoms with E-state index in [0.717, 1.165) is 18.9 Å². The zero-order chi connectivity index (χ0) is 12.1. The van der Waals surface area contributed by atoms with Gasteiger partial charge in [-0.15, -0.1) is 0 Å². The highest BCUT2D eigenvalue weighted by Gasteiger charge is 2.06. The molecule has 0 amide bonds. The van der Waals surface area contributed by atoms with E-state index in [2.05, 4.69) is 53.5 Å². The van der Waals surface area contributed by atoms with Gasteiger partial charge in [-0.25, -0.2) is 9.67 Å². The minimum Gasteiger partial charge on any atom is -0.303 e. The molecule has 0 unspecified atom stereocenters. The molecule has 4 nitrogen and oxygen atoms in total. The molecule has 0 saturated carbocycles. The largest absolute Gasteiger partial charge is 0.303 e. The van der Waals surface area contributed by atoms with Crippen LogP contribution >= 0.6 is 0 Å². The fourth-order valence-corrected chi connectivity index (χ4v) is 1.79. The molecule has 0 saturated heterocycles. The Morgan fingerprint density at radius 1 is 1.29 bits per heavy atom. The van der Waals surface area contributed by atoms with Crippen LogP contribution in [0.25, 0.3) is 0 Å². The lowest BCUT2D eigenvalue weighted by atomic mass is 10.1. The van der Waals surface area contributed by atoms with Gasteiger partial charge in [0, 0.05) is 12.6 Å². The maximum absolute atomic E-state index is 4.24. The summed E-state index contributed by atoms with van der Waals surface area (Å²) in [7, 11) is 0. The second kappa shape index (κ2) is 5.59. The lowest BCUT2D eigenvalue weighted by Crippen LogP contribution is -2.20. The summed E-state index contributed by atoms with van der Waals surface area (Å²) in [5.41, 5.74) is 1.29. The first-order valence-corrected chi connectivity index (χ1v) is 5.96. The van der Waals surface area contributed by atoms with Crippen molar-refractivity contribution in [3.8, 4) is 0 Å². The van der Waals surface area contributed by atoms with E-state index in [9.17, 15) is 0 Å². The number of hydrogen-bond acceptors (Lipinski definition) is 3. The Morgan fingerprint density at radius 3 is 2.76 bits per heavy atom. The average molecular weight is 230 g/mol. The summed E-state index contributed by atoms with van der Waals surface area (Å²) in [5, 5.41) is 7.60. The predicted octanol–water partition coefficient (Wildman–Crippen LogP) is 2.15. The van der Waals surface area contributed by atoms with Gasteiger partial charge in [0.15, 0.2) is 0 Å². The van der Waals surface area contributed by atoms with E-state index in [1.807, 2.05) is 10.7 Å². The van der Waals surface area contributed by atoms with Crippen molar-refractivity contribution in [1.82, 2.24) is 20.1 Å². The van der Waals surface area contributed by atoms with Crippen LogP contribution in [0.1, 0.15) is 31.3 Å². The Kier molecular flexibility index (Phi) is 3.88. The number of rotatable bonds is 5. The third kappa shape index (κ3) is 2.91. The van der Waals surface area contributed by atoms with Gasteiger partial charge in [-0.3, -0.25) is 0 Å². The molecule has 0 bridgehead atoms. The van der Waals surface area contributed by atoms with Crippen molar-refractivity contribution in [2.45, 2.75) is 33.0 Å². The monoisotopic (exact) mass is 230 g/mol. The number of aryl methyl sites for hydroxylation is 1. The minimum absolute atomic E-state index is 0.318. The molecule has 1 aromatic heterocycles. The van der Waals surface area contributed by atoms with E-state index in [1.54, 1.807) is 6.33 Å². The first-order valence-electron chi connectivity index (χ1n) is 5.96. The van der Waals surface area contributed by atoms with Crippen molar-refractivity contribution in [2.24, 2.45) is 0 Å². The summed E-state index contributed by atoms with van der Waals surface area (Å²) in [6.07, 6.45) is 1.60. The van der Waals surface area contributed by atoms with Gasteiger partial charge in [-0.2, -0.15) is 5.10 Å². The molecule has 1 heterocycles. The Bertz CT molecular complexity index is 449. The molecule has 17 heavy (non-hydrogen) atoms. The van der Waals surface area contributed by atoms with E-state index in [0.29, 0.717) is 6.04 Å². The molecule has 0 aliphatic carbocycles. The lowest BCUT2D eigenvalue weighted by molar-refractivity contribution is 0.523. The normalized spacial score (nSPS) is 12.6. The van der Waals surface area contributed by atoms with Crippen LogP contribution < -0.4 is 5.32 Å². The SMILES string of the molecule is CCn1ncnc1CN[C@@H](C)c1ccccc1. The van der Waals surface area contributed by atoms with Crippen molar-refractivity contribution >= 4 is 0 Å². The van der Waals surface area contributed by atoms with Crippen molar-refractivity contribution in [1.29, 1.82) is 0 Å². The van der Waals surface area contributed by atoms with Gasteiger partial charge >= 0.3 is 0 Å². The van der Waals surface area contributed by atoms with Crippen LogP contribution in [0, 0.1) is 0 Å². The van der Waals surface area contributed by atoms with Gasteiger partial charge in [0.05, 0.1) is 6.54 Å². The average Bonchev–Trinajstić information content (AvgIpc) is 2.84. The summed E-state index contributed by atoms with van der Waals surface area (Å²) in [6, 6.07) is 10.7. The highest BCUT2D eigenvalue weighted by Crippen LogP contribution is 2.11. The summed E-state index contributed by atoms with van der Waals surface area (Å²) in [4.78, 5) is 4.24. The minimum atomic E-state index is 0.318. The van der Waals surface area contributed by atoms with Gasteiger partial charge in [0.1, 0.15) is 12.2 Å². The fourth-order valence-electron chi connectivity index (χ4n) is 1.79. The van der Waals surface area contributed by atoms with Crippen molar-refractivity contribution < 1.29 is 0 Å². The Balaban J connectivity index is 1.95. The Morgan fingerprint density at radius 2 is 2.06 bits per heavy atom. The summed E-state index contributed by atoms with van der Waals surface area (Å²) in [6.45, 7) is 5.82. The number of aromatic nitrogens is 3. The predicted molar refractivity (Wildman–Crippen MR) is 67.4 cm³/mol. The van der Waals surface area contributed by atoms with Crippen molar-refractivity contribution in [3.63, 3.8) is 0 Å². The first kappa shape index (κ1) is 11.8. The molecule has 2 aromatic rings. The number of nitrogens with zero attached hydrogens (tertiary/aromatic N) is 3. The second-order valence-electron chi connectivity index (χ2n) is 4.01. The fraction of sp³-hybridized carbons (Fsp3) is 0.385. The van der Waals surface area contributed by atoms with Gasteiger partial charge in [-0.05, 0) is 19.4 Å². The van der Waals surface area contributed by atoms with E-state index >= 15 is 0 Å². The molecule has 1 N–H and O–H groups in total. The summed E-state index contributed by atoms with van der Waals surface area (Å²) >= 11 is 0. The smallest absolute Gasteiger partial charge is 0.140 e. The zero-order valence-electron chi connectivity index (χ0n) is 10.3. The Hall–Kier alpha value is -1.68. The lowest BCUT2D eigenvalue weighted by Gasteiger charge is -2.13. The highest BCUT2D eigenvalue weighted by molar-refractivity contribution is 5.18. The van der Waals surface area contributed by atoms with Crippen LogP contribution in [0.4, 0.5) is 0 Å². The van der Waals surface area contributed by atoms with Gasteiger partial charge in [0.25, 0.3) is 0 Å². The molecule has 1 atom stereocenters. The standard InChI is InChI=1S/C13H18N4/c1-3-17-13(15-10-16-17)9-14-11(2)12-7-5-4-6-8-12/h4-8,10-11,14H,3,9H2,1-2H3/t11-/m0/s1. The van der Waals surface area contributed by atoms with Crippen LogP contribution in [0.5, 0.6) is 0 Å². The second-order valence-corrected chi connectivity index (χ2v) is 4.01. The molecule has 1 aromatic carbocycles. The van der Waals surface area contributed by atoms with E-state index in [1.165, 1.54) is 5.56 Å². The van der Waals surface area contributed by atoms with Crippen LogP contribution in [0.3, 0.4) is 0 Å². The molecule has 4 heteroatoms. The quantitative estimate of drug-likeness (QED) is 0.855. The van der Waals surface area contributed by atoms with Crippen LogP contribution in [-0.2, 0) is 13.1 Å². The van der Waals surface area contributed by atoms with E-state index in [-0.39, 0.29) is 0 Å². The molecule has 0 spiro atoms. The molecule has 0 radical (unpaired) electrons. The maximum atomic E-state index is 4.24. The van der Waals surface area contributed by atoms with Gasteiger partial charge in [0.2, 0.25) is 0 Å². The molecular formula is C13H18N4. The molecule has 0 fully saturated rings. The van der Waals surface area contributed by atoms with E-state index < -0.39 is 0 Å². The van der Waals surface area contributed by atoms with Gasteiger partial charge < -0.3 is 5.32 Å². The van der Waals surface area contributed by atoms with Crippen LogP contribution in [0.15, 0.2) is 36.7 Å². The molecule has 90 valence electrons. The zero-order valence-corrected chi connectivity index (χ0v) is 10.3. The van der Waals surface area contributed by atoms with Crippen molar-refractivity contribution in [2.75, 3.05) is 0 Å². The van der Waals surface area contributed by atoms with Crippen LogP contribution in [-0.4, -0.2) is 14.8 Å². The maximum Gasteiger partial charge on any atom is 0.140 e. The van der Waals surface area contributed by atoms with E-state index in [4.69, 9.17) is 0 Å². The highest BCUT2D eigenvalue weighted by atomic mass is 15.3. The number of benzene rings is 1. The number of hydrogen-bond donors (Lipinski definition) is 1. The molecular weight excluding hydrogens is 212 g/mol.